The van der Waals surface area contributed by atoms with E-state index in [0.29, 0.717) is 0 Å². The second-order valence-electron chi connectivity index (χ2n) is 2.77. The van der Waals surface area contributed by atoms with E-state index in [1.165, 1.54) is 4.88 Å². The molecule has 2 nitrogen and oxygen atoms in total. The highest BCUT2D eigenvalue weighted by molar-refractivity contribution is 7.09. The molecule has 0 fully saturated rings. The summed E-state index contributed by atoms with van der Waals surface area (Å²) in [6.07, 6.45) is 0.966. The Morgan fingerprint density at radius 3 is 2.92 bits per heavy atom. The second-order valence-corrected chi connectivity index (χ2v) is 3.80. The van der Waals surface area contributed by atoms with Crippen molar-refractivity contribution in [3.8, 4) is 0 Å². The van der Waals surface area contributed by atoms with Crippen LogP contribution in [0.2, 0.25) is 0 Å². The number of likely N-dealkylation sites (N-methyl/N-ethyl adjacent to an activating group) is 1. The van der Waals surface area contributed by atoms with Gasteiger partial charge in [0, 0.05) is 25.4 Å². The van der Waals surface area contributed by atoms with Crippen LogP contribution in [-0.2, 0) is 11.2 Å². The highest BCUT2D eigenvalue weighted by Crippen LogP contribution is 2.09. The number of nitrogens with zero attached hydrogens (tertiary/aromatic N) is 1. The van der Waals surface area contributed by atoms with E-state index in [2.05, 4.69) is 11.4 Å². The van der Waals surface area contributed by atoms with Crippen LogP contribution < -0.4 is 0 Å². The SMILES string of the molecule is CC(=O)N(C)CCc1cccs1. The van der Waals surface area contributed by atoms with E-state index in [4.69, 9.17) is 0 Å². The smallest absolute Gasteiger partial charge is 0.219 e. The van der Waals surface area contributed by atoms with Crippen LogP contribution in [0.3, 0.4) is 0 Å². The molecule has 0 unspecified atom stereocenters. The summed E-state index contributed by atoms with van der Waals surface area (Å²) in [6, 6.07) is 4.13. The first kappa shape index (κ1) is 9.26. The summed E-state index contributed by atoms with van der Waals surface area (Å²) in [5.41, 5.74) is 0. The van der Waals surface area contributed by atoms with Gasteiger partial charge in [0.15, 0.2) is 0 Å². The molecule has 0 N–H and O–H groups in total. The molecule has 0 aliphatic heterocycles. The van der Waals surface area contributed by atoms with Gasteiger partial charge in [-0.2, -0.15) is 0 Å². The summed E-state index contributed by atoms with van der Waals surface area (Å²) < 4.78 is 0. The van der Waals surface area contributed by atoms with Crippen LogP contribution >= 0.6 is 11.3 Å². The fraction of sp³-hybridized carbons (Fsp3) is 0.444. The van der Waals surface area contributed by atoms with Gasteiger partial charge in [0.1, 0.15) is 0 Å². The first-order chi connectivity index (χ1) is 5.70. The Balaban J connectivity index is 2.31. The van der Waals surface area contributed by atoms with E-state index in [1.54, 1.807) is 23.2 Å². The summed E-state index contributed by atoms with van der Waals surface area (Å²) >= 11 is 1.74. The minimum absolute atomic E-state index is 0.131. The van der Waals surface area contributed by atoms with E-state index in [0.717, 1.165) is 13.0 Å². The predicted octanol–water partition coefficient (Wildman–Crippen LogP) is 1.77. The van der Waals surface area contributed by atoms with Crippen molar-refractivity contribution in [3.63, 3.8) is 0 Å². The average Bonchev–Trinajstić information content (AvgIpc) is 2.51. The van der Waals surface area contributed by atoms with Crippen molar-refractivity contribution >= 4 is 17.2 Å². The summed E-state index contributed by atoms with van der Waals surface area (Å²) in [7, 11) is 1.83. The minimum Gasteiger partial charge on any atom is -0.346 e. The fourth-order valence-corrected chi connectivity index (χ4v) is 1.59. The number of rotatable bonds is 3. The lowest BCUT2D eigenvalue weighted by Crippen LogP contribution is -2.25. The van der Waals surface area contributed by atoms with Crippen molar-refractivity contribution in [1.29, 1.82) is 0 Å². The minimum atomic E-state index is 0.131. The summed E-state index contributed by atoms with van der Waals surface area (Å²) in [5, 5.41) is 2.06. The Morgan fingerprint density at radius 1 is 1.67 bits per heavy atom. The van der Waals surface area contributed by atoms with E-state index >= 15 is 0 Å². The summed E-state index contributed by atoms with van der Waals surface area (Å²) in [5.74, 6) is 0.131. The van der Waals surface area contributed by atoms with Gasteiger partial charge in [-0.15, -0.1) is 11.3 Å². The molecule has 0 saturated carbocycles. The van der Waals surface area contributed by atoms with Crippen LogP contribution in [0.4, 0.5) is 0 Å². The van der Waals surface area contributed by atoms with Gasteiger partial charge in [-0.1, -0.05) is 6.07 Å². The molecule has 0 aromatic carbocycles. The zero-order valence-electron chi connectivity index (χ0n) is 7.41. The van der Waals surface area contributed by atoms with Crippen molar-refractivity contribution in [3.05, 3.63) is 22.4 Å². The third kappa shape index (κ3) is 2.66. The van der Waals surface area contributed by atoms with Crippen molar-refractivity contribution in [2.45, 2.75) is 13.3 Å². The first-order valence-corrected chi connectivity index (χ1v) is 4.82. The van der Waals surface area contributed by atoms with Gasteiger partial charge in [-0.3, -0.25) is 4.79 Å². The fourth-order valence-electron chi connectivity index (χ4n) is 0.890. The molecule has 0 atom stereocenters. The number of thiophene rings is 1. The number of amides is 1. The molecule has 3 heteroatoms. The number of hydrogen-bond donors (Lipinski definition) is 0. The van der Waals surface area contributed by atoms with E-state index in [1.807, 2.05) is 13.1 Å². The van der Waals surface area contributed by atoms with Crippen molar-refractivity contribution in [2.24, 2.45) is 0 Å². The molecule has 0 saturated heterocycles. The molecule has 1 rings (SSSR count). The Labute approximate surface area is 76.8 Å². The number of carbonyl (C=O) groups excluding carboxylic acids is 1. The van der Waals surface area contributed by atoms with Crippen LogP contribution in [0.1, 0.15) is 11.8 Å². The molecule has 0 radical (unpaired) electrons. The summed E-state index contributed by atoms with van der Waals surface area (Å²) in [6.45, 7) is 2.41. The van der Waals surface area contributed by atoms with Crippen LogP contribution in [0.5, 0.6) is 0 Å². The van der Waals surface area contributed by atoms with E-state index in [-0.39, 0.29) is 5.91 Å². The zero-order chi connectivity index (χ0) is 8.97. The third-order valence-corrected chi connectivity index (χ3v) is 2.75. The maximum Gasteiger partial charge on any atom is 0.219 e. The molecular formula is C9H13NOS. The maximum atomic E-state index is 10.8. The Hall–Kier alpha value is -0.830. The standard InChI is InChI=1S/C9H13NOS/c1-8(11)10(2)6-5-9-4-3-7-12-9/h3-4,7H,5-6H2,1-2H3. The van der Waals surface area contributed by atoms with E-state index < -0.39 is 0 Å². The summed E-state index contributed by atoms with van der Waals surface area (Å²) in [4.78, 5) is 13.9. The Bertz CT molecular complexity index is 243. The van der Waals surface area contributed by atoms with E-state index in [9.17, 15) is 4.79 Å². The quantitative estimate of drug-likeness (QED) is 0.699. The lowest BCUT2D eigenvalue weighted by atomic mass is 10.3. The van der Waals surface area contributed by atoms with Gasteiger partial charge in [0.2, 0.25) is 5.91 Å². The molecule has 1 aromatic heterocycles. The molecule has 0 bridgehead atoms. The van der Waals surface area contributed by atoms with Gasteiger partial charge in [-0.05, 0) is 17.9 Å². The third-order valence-electron chi connectivity index (χ3n) is 1.81. The van der Waals surface area contributed by atoms with Crippen LogP contribution in [0.25, 0.3) is 0 Å². The van der Waals surface area contributed by atoms with Crippen LogP contribution in [0.15, 0.2) is 17.5 Å². The molecular weight excluding hydrogens is 170 g/mol. The molecule has 0 spiro atoms. The number of carbonyl (C=O) groups is 1. The normalized spacial score (nSPS) is 9.83. The maximum absolute atomic E-state index is 10.8. The highest BCUT2D eigenvalue weighted by atomic mass is 32.1. The second kappa shape index (κ2) is 4.26. The zero-order valence-corrected chi connectivity index (χ0v) is 8.23. The molecule has 1 aromatic rings. The highest BCUT2D eigenvalue weighted by Gasteiger charge is 2.01. The first-order valence-electron chi connectivity index (χ1n) is 3.94. The van der Waals surface area contributed by atoms with Crippen molar-refractivity contribution < 1.29 is 4.79 Å². The molecule has 0 aliphatic carbocycles. The Morgan fingerprint density at radius 2 is 2.42 bits per heavy atom. The lowest BCUT2D eigenvalue weighted by molar-refractivity contribution is -0.127. The molecule has 0 aliphatic rings. The van der Waals surface area contributed by atoms with Crippen molar-refractivity contribution in [2.75, 3.05) is 13.6 Å². The predicted molar refractivity (Wildman–Crippen MR) is 51.3 cm³/mol. The van der Waals surface area contributed by atoms with Crippen molar-refractivity contribution in [1.82, 2.24) is 4.90 Å². The molecule has 66 valence electrons. The monoisotopic (exact) mass is 183 g/mol. The number of hydrogen-bond acceptors (Lipinski definition) is 2. The van der Waals surface area contributed by atoms with Gasteiger partial charge >= 0.3 is 0 Å². The molecule has 1 amide bonds. The topological polar surface area (TPSA) is 20.3 Å². The molecule has 1 heterocycles. The van der Waals surface area contributed by atoms with Gasteiger partial charge in [0.25, 0.3) is 0 Å². The van der Waals surface area contributed by atoms with Gasteiger partial charge < -0.3 is 4.90 Å². The lowest BCUT2D eigenvalue weighted by Gasteiger charge is -2.13. The molecule has 12 heavy (non-hydrogen) atoms. The van der Waals surface area contributed by atoms with Gasteiger partial charge in [-0.25, -0.2) is 0 Å². The van der Waals surface area contributed by atoms with Crippen LogP contribution in [-0.4, -0.2) is 24.4 Å². The Kier molecular flexibility index (Phi) is 3.29. The largest absolute Gasteiger partial charge is 0.346 e. The van der Waals surface area contributed by atoms with Crippen LogP contribution in [0, 0.1) is 0 Å². The van der Waals surface area contributed by atoms with Gasteiger partial charge in [0.05, 0.1) is 0 Å². The average molecular weight is 183 g/mol.